The summed E-state index contributed by atoms with van der Waals surface area (Å²) in [6.07, 6.45) is 6.64. The molecule has 1 amide bonds. The van der Waals surface area contributed by atoms with E-state index in [1.165, 1.54) is 12.7 Å². The molecule has 1 aromatic carbocycles. The number of amides is 1. The van der Waals surface area contributed by atoms with Gasteiger partial charge in [-0.1, -0.05) is 31.4 Å². The molecule has 1 saturated carbocycles. The average molecular weight is 309 g/mol. The van der Waals surface area contributed by atoms with E-state index >= 15 is 0 Å². The van der Waals surface area contributed by atoms with Crippen molar-refractivity contribution in [2.45, 2.75) is 50.0 Å². The normalized spacial score (nSPS) is 18.2. The molecule has 1 N–H and O–H groups in total. The molecule has 5 heteroatoms. The van der Waals surface area contributed by atoms with Gasteiger partial charge in [-0.3, -0.25) is 4.79 Å². The van der Waals surface area contributed by atoms with E-state index in [1.807, 2.05) is 6.92 Å². The van der Waals surface area contributed by atoms with Gasteiger partial charge >= 0.3 is 0 Å². The van der Waals surface area contributed by atoms with Crippen LogP contribution in [0.5, 0.6) is 0 Å². The van der Waals surface area contributed by atoms with Crippen molar-refractivity contribution in [1.29, 1.82) is 0 Å². The Morgan fingerprint density at radius 3 is 2.24 bits per heavy atom. The van der Waals surface area contributed by atoms with E-state index < -0.39 is 9.84 Å². The SMILES string of the molecule is C[C@@H](NC(=O)C1CCCCC1)c1ccc(S(C)(=O)=O)cc1. The topological polar surface area (TPSA) is 63.2 Å². The largest absolute Gasteiger partial charge is 0.349 e. The summed E-state index contributed by atoms with van der Waals surface area (Å²) < 4.78 is 22.9. The lowest BCUT2D eigenvalue weighted by atomic mass is 9.88. The number of carbonyl (C=O) groups is 1. The van der Waals surface area contributed by atoms with Gasteiger partial charge < -0.3 is 5.32 Å². The van der Waals surface area contributed by atoms with Crippen molar-refractivity contribution in [2.75, 3.05) is 6.26 Å². The molecular weight excluding hydrogens is 286 g/mol. The number of hydrogen-bond acceptors (Lipinski definition) is 3. The maximum absolute atomic E-state index is 12.2. The lowest BCUT2D eigenvalue weighted by Gasteiger charge is -2.23. The fraction of sp³-hybridized carbons (Fsp3) is 0.562. The van der Waals surface area contributed by atoms with Crippen LogP contribution in [0, 0.1) is 5.92 Å². The maximum atomic E-state index is 12.2. The third-order valence-electron chi connectivity index (χ3n) is 4.14. The zero-order valence-corrected chi connectivity index (χ0v) is 13.4. The van der Waals surface area contributed by atoms with Crippen molar-refractivity contribution >= 4 is 15.7 Å². The predicted octanol–water partition coefficient (Wildman–Crippen LogP) is 2.85. The second-order valence-corrected chi connectivity index (χ2v) is 7.92. The van der Waals surface area contributed by atoms with Crippen LogP contribution < -0.4 is 5.32 Å². The summed E-state index contributed by atoms with van der Waals surface area (Å²) in [5, 5.41) is 3.04. The number of benzene rings is 1. The Balaban J connectivity index is 1.99. The summed E-state index contributed by atoms with van der Waals surface area (Å²) in [5.74, 6) is 0.255. The highest BCUT2D eigenvalue weighted by molar-refractivity contribution is 7.90. The van der Waals surface area contributed by atoms with Gasteiger partial charge in [-0.15, -0.1) is 0 Å². The lowest BCUT2D eigenvalue weighted by Crippen LogP contribution is -2.33. The number of rotatable bonds is 4. The van der Waals surface area contributed by atoms with E-state index in [4.69, 9.17) is 0 Å². The first-order chi connectivity index (χ1) is 9.88. The molecule has 1 atom stereocenters. The average Bonchev–Trinajstić information content (AvgIpc) is 2.47. The minimum atomic E-state index is -3.17. The monoisotopic (exact) mass is 309 g/mol. The first-order valence-electron chi connectivity index (χ1n) is 7.48. The highest BCUT2D eigenvalue weighted by Crippen LogP contribution is 2.25. The third kappa shape index (κ3) is 4.30. The lowest BCUT2D eigenvalue weighted by molar-refractivity contribution is -0.126. The van der Waals surface area contributed by atoms with Crippen LogP contribution in [0.1, 0.15) is 50.6 Å². The first kappa shape index (κ1) is 16.0. The van der Waals surface area contributed by atoms with E-state index in [0.717, 1.165) is 31.2 Å². The quantitative estimate of drug-likeness (QED) is 0.930. The molecule has 0 saturated heterocycles. The van der Waals surface area contributed by atoms with Crippen LogP contribution in [0.3, 0.4) is 0 Å². The van der Waals surface area contributed by atoms with Gasteiger partial charge in [0.15, 0.2) is 9.84 Å². The van der Waals surface area contributed by atoms with Crippen LogP contribution in [-0.4, -0.2) is 20.6 Å². The Morgan fingerprint density at radius 2 is 1.71 bits per heavy atom. The molecule has 1 aliphatic carbocycles. The van der Waals surface area contributed by atoms with Crippen molar-refractivity contribution in [3.05, 3.63) is 29.8 Å². The molecular formula is C16H23NO3S. The molecule has 1 aliphatic rings. The first-order valence-corrected chi connectivity index (χ1v) is 9.37. The van der Waals surface area contributed by atoms with Crippen LogP contribution in [0.2, 0.25) is 0 Å². The van der Waals surface area contributed by atoms with E-state index in [2.05, 4.69) is 5.32 Å². The van der Waals surface area contributed by atoms with Crippen LogP contribution in [-0.2, 0) is 14.6 Å². The minimum Gasteiger partial charge on any atom is -0.349 e. The van der Waals surface area contributed by atoms with E-state index in [0.29, 0.717) is 4.90 Å². The summed E-state index contributed by atoms with van der Waals surface area (Å²) in [4.78, 5) is 12.5. The molecule has 1 fully saturated rings. The molecule has 1 aromatic rings. The van der Waals surface area contributed by atoms with Crippen molar-refractivity contribution < 1.29 is 13.2 Å². The zero-order valence-electron chi connectivity index (χ0n) is 12.6. The molecule has 0 spiro atoms. The molecule has 4 nitrogen and oxygen atoms in total. The number of nitrogens with one attached hydrogen (secondary N) is 1. The van der Waals surface area contributed by atoms with Gasteiger partial charge in [0.25, 0.3) is 0 Å². The van der Waals surface area contributed by atoms with Gasteiger partial charge in [0.2, 0.25) is 5.91 Å². The summed E-state index contributed by atoms with van der Waals surface area (Å²) >= 11 is 0. The fourth-order valence-electron chi connectivity index (χ4n) is 2.78. The highest BCUT2D eigenvalue weighted by atomic mass is 32.2. The Morgan fingerprint density at radius 1 is 1.14 bits per heavy atom. The second kappa shape index (κ2) is 6.60. The Bertz CT molecular complexity index is 586. The zero-order chi connectivity index (χ0) is 15.5. The van der Waals surface area contributed by atoms with Crippen molar-refractivity contribution in [3.8, 4) is 0 Å². The molecule has 21 heavy (non-hydrogen) atoms. The van der Waals surface area contributed by atoms with Crippen LogP contribution in [0.25, 0.3) is 0 Å². The van der Waals surface area contributed by atoms with Crippen LogP contribution in [0.4, 0.5) is 0 Å². The second-order valence-electron chi connectivity index (χ2n) is 5.91. The van der Waals surface area contributed by atoms with Crippen molar-refractivity contribution in [3.63, 3.8) is 0 Å². The summed E-state index contributed by atoms with van der Waals surface area (Å²) in [6.45, 7) is 1.93. The maximum Gasteiger partial charge on any atom is 0.223 e. The molecule has 0 heterocycles. The van der Waals surface area contributed by atoms with Gasteiger partial charge in [-0.05, 0) is 37.5 Å². The number of hydrogen-bond donors (Lipinski definition) is 1. The summed E-state index contributed by atoms with van der Waals surface area (Å²) in [7, 11) is -3.17. The van der Waals surface area contributed by atoms with Crippen LogP contribution >= 0.6 is 0 Å². The van der Waals surface area contributed by atoms with Crippen molar-refractivity contribution in [1.82, 2.24) is 5.32 Å². The molecule has 0 bridgehead atoms. The van der Waals surface area contributed by atoms with Crippen molar-refractivity contribution in [2.24, 2.45) is 5.92 Å². The molecule has 2 rings (SSSR count). The van der Waals surface area contributed by atoms with Gasteiger partial charge in [0.05, 0.1) is 10.9 Å². The fourth-order valence-corrected chi connectivity index (χ4v) is 3.41. The molecule has 0 unspecified atom stereocenters. The minimum absolute atomic E-state index is 0.104. The summed E-state index contributed by atoms with van der Waals surface area (Å²) in [5.41, 5.74) is 0.923. The van der Waals surface area contributed by atoms with Gasteiger partial charge in [-0.25, -0.2) is 8.42 Å². The Hall–Kier alpha value is -1.36. The van der Waals surface area contributed by atoms with E-state index in [9.17, 15) is 13.2 Å². The Labute approximate surface area is 126 Å². The molecule has 0 aromatic heterocycles. The van der Waals surface area contributed by atoms with E-state index in [1.54, 1.807) is 24.3 Å². The molecule has 0 aliphatic heterocycles. The van der Waals surface area contributed by atoms with Gasteiger partial charge in [0.1, 0.15) is 0 Å². The smallest absolute Gasteiger partial charge is 0.223 e. The highest BCUT2D eigenvalue weighted by Gasteiger charge is 2.22. The van der Waals surface area contributed by atoms with Crippen LogP contribution in [0.15, 0.2) is 29.2 Å². The number of carbonyl (C=O) groups excluding carboxylic acids is 1. The number of sulfone groups is 1. The third-order valence-corrected chi connectivity index (χ3v) is 5.27. The van der Waals surface area contributed by atoms with Gasteiger partial charge in [-0.2, -0.15) is 0 Å². The van der Waals surface area contributed by atoms with E-state index in [-0.39, 0.29) is 17.9 Å². The predicted molar refractivity (Wildman–Crippen MR) is 82.7 cm³/mol. The summed E-state index contributed by atoms with van der Waals surface area (Å²) in [6, 6.07) is 6.61. The standard InChI is InChI=1S/C16H23NO3S/c1-12(17-16(18)14-6-4-3-5-7-14)13-8-10-15(11-9-13)21(2,19)20/h8-12,14H,3-7H2,1-2H3,(H,17,18)/t12-/m1/s1. The molecule has 116 valence electrons. The Kier molecular flexibility index (Phi) is 5.04. The van der Waals surface area contributed by atoms with Gasteiger partial charge in [0, 0.05) is 12.2 Å². The molecule has 0 radical (unpaired) electrons.